The maximum Gasteiger partial charge on any atom is 0.259 e. The molecule has 0 saturated carbocycles. The summed E-state index contributed by atoms with van der Waals surface area (Å²) in [6.07, 6.45) is 0.474. The van der Waals surface area contributed by atoms with E-state index in [1.165, 1.54) is 0 Å². The highest BCUT2D eigenvalue weighted by atomic mass is 79.9. The molecule has 3 N–H and O–H groups in total. The SMILES string of the molecule is NC1=N[C@](Cc2ccccc2)(c2ccc(Br)cc2)C(=O)N1. The number of benzene rings is 2. The van der Waals surface area contributed by atoms with E-state index in [2.05, 4.69) is 26.2 Å². The zero-order valence-electron chi connectivity index (χ0n) is 11.2. The fraction of sp³-hybridized carbons (Fsp3) is 0.125. The molecular weight excluding hydrogens is 330 g/mol. The number of nitrogens with one attached hydrogen (secondary N) is 1. The van der Waals surface area contributed by atoms with Crippen molar-refractivity contribution in [3.63, 3.8) is 0 Å². The van der Waals surface area contributed by atoms with Crippen LogP contribution in [-0.2, 0) is 16.8 Å². The summed E-state index contributed by atoms with van der Waals surface area (Å²) in [6, 6.07) is 17.4. The lowest BCUT2D eigenvalue weighted by Gasteiger charge is -2.24. The number of hydrogen-bond donors (Lipinski definition) is 2. The van der Waals surface area contributed by atoms with Crippen molar-refractivity contribution in [3.8, 4) is 0 Å². The summed E-state index contributed by atoms with van der Waals surface area (Å²) in [6.45, 7) is 0. The first kappa shape index (κ1) is 13.8. The van der Waals surface area contributed by atoms with Crippen LogP contribution in [0.4, 0.5) is 0 Å². The van der Waals surface area contributed by atoms with Gasteiger partial charge in [0.05, 0.1) is 0 Å². The molecule has 0 aliphatic carbocycles. The Hall–Kier alpha value is -2.14. The lowest BCUT2D eigenvalue weighted by molar-refractivity contribution is -0.124. The van der Waals surface area contributed by atoms with Gasteiger partial charge in [-0.15, -0.1) is 0 Å². The number of hydrogen-bond acceptors (Lipinski definition) is 3. The summed E-state index contributed by atoms with van der Waals surface area (Å²) in [7, 11) is 0. The number of nitrogens with two attached hydrogens (primary N) is 1. The third-order valence-electron chi connectivity index (χ3n) is 3.55. The molecule has 106 valence electrons. The van der Waals surface area contributed by atoms with Crippen molar-refractivity contribution in [3.05, 3.63) is 70.2 Å². The minimum atomic E-state index is -0.994. The Morgan fingerprint density at radius 1 is 1.10 bits per heavy atom. The molecule has 1 aliphatic heterocycles. The lowest BCUT2D eigenvalue weighted by Crippen LogP contribution is -2.40. The lowest BCUT2D eigenvalue weighted by atomic mass is 9.84. The monoisotopic (exact) mass is 343 g/mol. The van der Waals surface area contributed by atoms with E-state index in [0.29, 0.717) is 6.42 Å². The summed E-state index contributed by atoms with van der Waals surface area (Å²) in [5.74, 6) is -0.0231. The second-order valence-electron chi connectivity index (χ2n) is 4.98. The van der Waals surface area contributed by atoms with Crippen molar-refractivity contribution in [2.45, 2.75) is 12.0 Å². The van der Waals surface area contributed by atoms with E-state index in [-0.39, 0.29) is 11.9 Å². The molecule has 0 spiro atoms. The average Bonchev–Trinajstić information content (AvgIpc) is 2.76. The summed E-state index contributed by atoms with van der Waals surface area (Å²) < 4.78 is 0.955. The van der Waals surface area contributed by atoms with E-state index in [9.17, 15) is 4.79 Å². The highest BCUT2D eigenvalue weighted by Gasteiger charge is 2.44. The van der Waals surface area contributed by atoms with Gasteiger partial charge in [0.2, 0.25) is 0 Å². The van der Waals surface area contributed by atoms with Crippen molar-refractivity contribution in [2.24, 2.45) is 10.7 Å². The Balaban J connectivity index is 2.08. The summed E-state index contributed by atoms with van der Waals surface area (Å²) in [4.78, 5) is 16.9. The molecule has 1 heterocycles. The molecule has 3 rings (SSSR count). The summed E-state index contributed by atoms with van der Waals surface area (Å²) in [5.41, 5.74) is 6.60. The molecule has 2 aromatic carbocycles. The number of rotatable bonds is 3. The van der Waals surface area contributed by atoms with Crippen LogP contribution in [-0.4, -0.2) is 11.9 Å². The molecule has 4 nitrogen and oxygen atoms in total. The van der Waals surface area contributed by atoms with Crippen LogP contribution in [0.5, 0.6) is 0 Å². The van der Waals surface area contributed by atoms with Crippen LogP contribution in [0, 0.1) is 0 Å². The van der Waals surface area contributed by atoms with Crippen LogP contribution in [0.25, 0.3) is 0 Å². The van der Waals surface area contributed by atoms with Crippen LogP contribution >= 0.6 is 15.9 Å². The predicted octanol–water partition coefficient (Wildman–Crippen LogP) is 2.33. The van der Waals surface area contributed by atoms with Gasteiger partial charge in [0.15, 0.2) is 11.5 Å². The molecule has 0 radical (unpaired) electrons. The first-order valence-corrected chi connectivity index (χ1v) is 7.36. The minimum absolute atomic E-state index is 0.166. The van der Waals surface area contributed by atoms with Gasteiger partial charge in [-0.3, -0.25) is 10.1 Å². The van der Waals surface area contributed by atoms with E-state index in [0.717, 1.165) is 15.6 Å². The molecule has 0 fully saturated rings. The van der Waals surface area contributed by atoms with Gasteiger partial charge in [0, 0.05) is 10.9 Å². The van der Waals surface area contributed by atoms with Gasteiger partial charge < -0.3 is 5.73 Å². The van der Waals surface area contributed by atoms with Crippen molar-refractivity contribution in [1.82, 2.24) is 5.32 Å². The van der Waals surface area contributed by atoms with Crippen LogP contribution in [0.1, 0.15) is 11.1 Å². The quantitative estimate of drug-likeness (QED) is 0.897. The Morgan fingerprint density at radius 2 is 1.76 bits per heavy atom. The van der Waals surface area contributed by atoms with Crippen LogP contribution in [0.15, 0.2) is 64.1 Å². The first-order chi connectivity index (χ1) is 10.1. The van der Waals surface area contributed by atoms with Gasteiger partial charge in [-0.2, -0.15) is 0 Å². The van der Waals surface area contributed by atoms with Gasteiger partial charge in [0.25, 0.3) is 5.91 Å². The zero-order valence-corrected chi connectivity index (χ0v) is 12.8. The number of carbonyl (C=O) groups excluding carboxylic acids is 1. The van der Waals surface area contributed by atoms with Crippen LogP contribution in [0.3, 0.4) is 0 Å². The van der Waals surface area contributed by atoms with Crippen molar-refractivity contribution in [1.29, 1.82) is 0 Å². The highest BCUT2D eigenvalue weighted by Crippen LogP contribution is 2.33. The Labute approximate surface area is 131 Å². The molecular formula is C16H14BrN3O. The zero-order chi connectivity index (χ0) is 14.9. The standard InChI is InChI=1S/C16H14BrN3O/c17-13-8-6-12(7-9-13)16(14(21)19-15(18)20-16)10-11-4-2-1-3-5-11/h1-9H,10H2,(H3,18,19,20,21)/t16-/m1/s1. The van der Waals surface area contributed by atoms with Crippen molar-refractivity contribution >= 4 is 27.8 Å². The summed E-state index contributed by atoms with van der Waals surface area (Å²) >= 11 is 3.40. The first-order valence-electron chi connectivity index (χ1n) is 6.57. The largest absolute Gasteiger partial charge is 0.370 e. The third kappa shape index (κ3) is 2.56. The number of carbonyl (C=O) groups is 1. The van der Waals surface area contributed by atoms with E-state index in [4.69, 9.17) is 5.73 Å². The smallest absolute Gasteiger partial charge is 0.259 e. The van der Waals surface area contributed by atoms with Crippen LogP contribution in [0.2, 0.25) is 0 Å². The van der Waals surface area contributed by atoms with Gasteiger partial charge >= 0.3 is 0 Å². The number of amides is 1. The third-order valence-corrected chi connectivity index (χ3v) is 4.08. The number of guanidine groups is 1. The maximum absolute atomic E-state index is 12.5. The highest BCUT2D eigenvalue weighted by molar-refractivity contribution is 9.10. The van der Waals surface area contributed by atoms with Gasteiger partial charge in [-0.25, -0.2) is 4.99 Å². The van der Waals surface area contributed by atoms with E-state index < -0.39 is 5.54 Å². The van der Waals surface area contributed by atoms with Gasteiger partial charge in [-0.1, -0.05) is 58.4 Å². The fourth-order valence-corrected chi connectivity index (χ4v) is 2.80. The van der Waals surface area contributed by atoms with Crippen molar-refractivity contribution < 1.29 is 4.79 Å². The second kappa shape index (κ2) is 5.33. The molecule has 0 unspecified atom stereocenters. The normalized spacial score (nSPS) is 21.0. The van der Waals surface area contributed by atoms with E-state index in [1.54, 1.807) is 0 Å². The van der Waals surface area contributed by atoms with E-state index >= 15 is 0 Å². The topological polar surface area (TPSA) is 67.5 Å². The molecule has 0 aromatic heterocycles. The Kier molecular flexibility index (Phi) is 3.51. The number of nitrogens with zero attached hydrogens (tertiary/aromatic N) is 1. The number of aliphatic imine (C=N–C) groups is 1. The molecule has 1 aliphatic rings. The minimum Gasteiger partial charge on any atom is -0.370 e. The van der Waals surface area contributed by atoms with Crippen LogP contribution < -0.4 is 11.1 Å². The van der Waals surface area contributed by atoms with Gasteiger partial charge in [0.1, 0.15) is 0 Å². The van der Waals surface area contributed by atoms with Gasteiger partial charge in [-0.05, 0) is 23.3 Å². The van der Waals surface area contributed by atoms with E-state index in [1.807, 2.05) is 54.6 Å². The molecule has 1 atom stereocenters. The maximum atomic E-state index is 12.5. The summed E-state index contributed by atoms with van der Waals surface area (Å²) in [5, 5.41) is 2.62. The van der Waals surface area contributed by atoms with Crippen molar-refractivity contribution in [2.75, 3.05) is 0 Å². The molecule has 0 saturated heterocycles. The second-order valence-corrected chi connectivity index (χ2v) is 5.90. The Morgan fingerprint density at radius 3 is 2.33 bits per heavy atom. The molecule has 5 heteroatoms. The average molecular weight is 344 g/mol. The number of halogens is 1. The Bertz CT molecular complexity index is 697. The molecule has 21 heavy (non-hydrogen) atoms. The molecule has 1 amide bonds. The molecule has 2 aromatic rings. The fourth-order valence-electron chi connectivity index (χ4n) is 2.54. The molecule has 0 bridgehead atoms. The predicted molar refractivity (Wildman–Crippen MR) is 85.7 cm³/mol.